The van der Waals surface area contributed by atoms with E-state index >= 15 is 0 Å². The quantitative estimate of drug-likeness (QED) is 0.556. The number of nitrogens with zero attached hydrogens (tertiary/aromatic N) is 1. The minimum Gasteiger partial charge on any atom is -0.494 e. The summed E-state index contributed by atoms with van der Waals surface area (Å²) < 4.78 is 38.5. The summed E-state index contributed by atoms with van der Waals surface area (Å²) >= 11 is 0. The summed E-state index contributed by atoms with van der Waals surface area (Å²) in [5.74, 6) is 0.715. The molecule has 2 rings (SSSR count). The molecule has 156 valence electrons. The van der Waals surface area contributed by atoms with Gasteiger partial charge in [-0.25, -0.2) is 8.42 Å². The minimum absolute atomic E-state index is 0. The molecule has 6 nitrogen and oxygen atoms in total. The van der Waals surface area contributed by atoms with Crippen molar-refractivity contribution in [2.75, 3.05) is 32.8 Å². The number of nitrogens with two attached hydrogens (primary N) is 1. The van der Waals surface area contributed by atoms with Crippen LogP contribution in [0.15, 0.2) is 29.2 Å². The molecule has 27 heavy (non-hydrogen) atoms. The molecule has 0 atom stereocenters. The molecule has 1 aromatic carbocycles. The third kappa shape index (κ3) is 7.58. The Morgan fingerprint density at radius 2 is 1.74 bits per heavy atom. The first kappa shape index (κ1) is 24.2. The van der Waals surface area contributed by atoms with Crippen molar-refractivity contribution < 1.29 is 17.9 Å². The number of unbranched alkanes of at least 4 members (excludes halogenated alkanes) is 2. The summed E-state index contributed by atoms with van der Waals surface area (Å²) in [6.07, 6.45) is 5.72. The second kappa shape index (κ2) is 12.6. The van der Waals surface area contributed by atoms with E-state index < -0.39 is 10.0 Å². The average molecular weight is 421 g/mol. The van der Waals surface area contributed by atoms with E-state index in [0.717, 1.165) is 38.5 Å². The van der Waals surface area contributed by atoms with Crippen LogP contribution in [0.5, 0.6) is 5.75 Å². The number of hydrogen-bond acceptors (Lipinski definition) is 5. The van der Waals surface area contributed by atoms with Crippen molar-refractivity contribution in [3.05, 3.63) is 24.3 Å². The molecule has 1 aliphatic heterocycles. The number of ether oxygens (including phenoxy) is 2. The highest BCUT2D eigenvalue weighted by Gasteiger charge is 2.29. The standard InChI is InChI=1S/C19H32N2O4S.ClH/c1-2-3-4-15-24-17-6-8-19(9-7-17)26(22,23)21-13-10-18(11-14-21)25-16-5-12-20;/h6-9,18H,2-5,10-16,20H2,1H3;1H. The lowest BCUT2D eigenvalue weighted by Gasteiger charge is -2.31. The maximum absolute atomic E-state index is 12.8. The van der Waals surface area contributed by atoms with Crippen LogP contribution in [-0.2, 0) is 14.8 Å². The van der Waals surface area contributed by atoms with Crippen LogP contribution >= 0.6 is 12.4 Å². The molecular formula is C19H33ClN2O4S. The normalized spacial score (nSPS) is 16.1. The van der Waals surface area contributed by atoms with Gasteiger partial charge >= 0.3 is 0 Å². The molecule has 0 spiro atoms. The van der Waals surface area contributed by atoms with Crippen molar-refractivity contribution in [3.63, 3.8) is 0 Å². The maximum atomic E-state index is 12.8. The van der Waals surface area contributed by atoms with Gasteiger partial charge in [0.1, 0.15) is 5.75 Å². The molecule has 1 saturated heterocycles. The summed E-state index contributed by atoms with van der Waals surface area (Å²) in [5.41, 5.74) is 5.46. The molecule has 0 aliphatic carbocycles. The Balaban J connectivity index is 0.00000364. The van der Waals surface area contributed by atoms with Crippen molar-refractivity contribution in [2.45, 2.75) is 56.4 Å². The number of hydrogen-bond donors (Lipinski definition) is 1. The predicted octanol–water partition coefficient (Wildman–Crippen LogP) is 3.20. The van der Waals surface area contributed by atoms with Gasteiger partial charge in [-0.1, -0.05) is 19.8 Å². The first-order chi connectivity index (χ1) is 12.6. The fourth-order valence-corrected chi connectivity index (χ4v) is 4.44. The monoisotopic (exact) mass is 420 g/mol. The fourth-order valence-electron chi connectivity index (χ4n) is 2.97. The minimum atomic E-state index is -3.45. The number of halogens is 1. The Bertz CT molecular complexity index is 617. The molecule has 1 fully saturated rings. The van der Waals surface area contributed by atoms with Gasteiger partial charge in [0.25, 0.3) is 0 Å². The molecule has 0 amide bonds. The molecule has 0 aromatic heterocycles. The van der Waals surface area contributed by atoms with Crippen molar-refractivity contribution >= 4 is 22.4 Å². The van der Waals surface area contributed by atoms with Crippen molar-refractivity contribution in [3.8, 4) is 5.75 Å². The maximum Gasteiger partial charge on any atom is 0.243 e. The Morgan fingerprint density at radius 3 is 2.33 bits per heavy atom. The molecule has 2 N–H and O–H groups in total. The van der Waals surface area contributed by atoms with Crippen molar-refractivity contribution in [2.24, 2.45) is 5.73 Å². The Labute approximate surface area is 169 Å². The molecule has 0 radical (unpaired) electrons. The molecule has 0 saturated carbocycles. The van der Waals surface area contributed by atoms with Crippen LogP contribution in [0.25, 0.3) is 0 Å². The summed E-state index contributed by atoms with van der Waals surface area (Å²) in [6.45, 7) is 5.06. The van der Waals surface area contributed by atoms with E-state index in [1.807, 2.05) is 0 Å². The van der Waals surface area contributed by atoms with Gasteiger partial charge in [0.2, 0.25) is 10.0 Å². The van der Waals surface area contributed by atoms with Crippen molar-refractivity contribution in [1.82, 2.24) is 4.31 Å². The Hall–Kier alpha value is -0.860. The number of rotatable bonds is 11. The van der Waals surface area contributed by atoms with Gasteiger partial charge in [-0.2, -0.15) is 4.31 Å². The van der Waals surface area contributed by atoms with Crippen molar-refractivity contribution in [1.29, 1.82) is 0 Å². The van der Waals surface area contributed by atoms with Crippen LogP contribution in [0.2, 0.25) is 0 Å². The van der Waals surface area contributed by atoms with Crippen LogP contribution in [0.3, 0.4) is 0 Å². The lowest BCUT2D eigenvalue weighted by Crippen LogP contribution is -2.40. The third-order valence-electron chi connectivity index (χ3n) is 4.58. The van der Waals surface area contributed by atoms with Crippen LogP contribution in [0.4, 0.5) is 0 Å². The van der Waals surface area contributed by atoms with E-state index in [2.05, 4.69) is 6.92 Å². The smallest absolute Gasteiger partial charge is 0.243 e. The van der Waals surface area contributed by atoms with E-state index in [4.69, 9.17) is 15.2 Å². The van der Waals surface area contributed by atoms with Gasteiger partial charge in [-0.3, -0.25) is 0 Å². The summed E-state index contributed by atoms with van der Waals surface area (Å²) in [6, 6.07) is 6.74. The van der Waals surface area contributed by atoms with E-state index in [9.17, 15) is 8.42 Å². The van der Waals surface area contributed by atoms with Gasteiger partial charge in [0.05, 0.1) is 17.6 Å². The van der Waals surface area contributed by atoms with Crippen LogP contribution in [-0.4, -0.2) is 51.7 Å². The van der Waals surface area contributed by atoms with Gasteiger partial charge in [-0.15, -0.1) is 12.4 Å². The zero-order chi connectivity index (χ0) is 18.8. The van der Waals surface area contributed by atoms with Gasteiger partial charge < -0.3 is 15.2 Å². The van der Waals surface area contributed by atoms with Crippen LogP contribution in [0.1, 0.15) is 45.4 Å². The lowest BCUT2D eigenvalue weighted by molar-refractivity contribution is 0.0209. The highest BCUT2D eigenvalue weighted by atomic mass is 35.5. The lowest BCUT2D eigenvalue weighted by atomic mass is 10.1. The number of sulfonamides is 1. The zero-order valence-electron chi connectivity index (χ0n) is 16.1. The first-order valence-corrected chi connectivity index (χ1v) is 11.1. The third-order valence-corrected chi connectivity index (χ3v) is 6.49. The average Bonchev–Trinajstić information content (AvgIpc) is 2.66. The van der Waals surface area contributed by atoms with E-state index in [1.165, 1.54) is 0 Å². The summed E-state index contributed by atoms with van der Waals surface area (Å²) in [4.78, 5) is 0.320. The number of benzene rings is 1. The van der Waals surface area contributed by atoms with E-state index in [0.29, 0.717) is 43.5 Å². The molecule has 8 heteroatoms. The molecule has 1 aliphatic rings. The molecular weight excluding hydrogens is 388 g/mol. The molecule has 1 aromatic rings. The topological polar surface area (TPSA) is 81.9 Å². The molecule has 0 bridgehead atoms. The van der Waals surface area contributed by atoms with Gasteiger partial charge in [0, 0.05) is 19.7 Å². The molecule has 1 heterocycles. The predicted molar refractivity (Wildman–Crippen MR) is 110 cm³/mol. The van der Waals surface area contributed by atoms with Gasteiger partial charge in [-0.05, 0) is 56.5 Å². The second-order valence-electron chi connectivity index (χ2n) is 6.64. The Kier molecular flexibility index (Phi) is 11.3. The molecule has 0 unspecified atom stereocenters. The number of piperidine rings is 1. The first-order valence-electron chi connectivity index (χ1n) is 9.62. The Morgan fingerprint density at radius 1 is 1.07 bits per heavy atom. The van der Waals surface area contributed by atoms with Gasteiger partial charge in [0.15, 0.2) is 0 Å². The highest BCUT2D eigenvalue weighted by Crippen LogP contribution is 2.24. The summed E-state index contributed by atoms with van der Waals surface area (Å²) in [5, 5.41) is 0. The fraction of sp³-hybridized carbons (Fsp3) is 0.684. The zero-order valence-corrected chi connectivity index (χ0v) is 17.8. The van der Waals surface area contributed by atoms with E-state index in [-0.39, 0.29) is 18.5 Å². The van der Waals surface area contributed by atoms with Crippen LogP contribution in [0, 0.1) is 0 Å². The SMILES string of the molecule is CCCCCOc1ccc(S(=O)(=O)N2CCC(OCCCN)CC2)cc1.Cl. The van der Waals surface area contributed by atoms with E-state index in [1.54, 1.807) is 28.6 Å². The largest absolute Gasteiger partial charge is 0.494 e. The second-order valence-corrected chi connectivity index (χ2v) is 8.58. The highest BCUT2D eigenvalue weighted by molar-refractivity contribution is 7.89. The summed E-state index contributed by atoms with van der Waals surface area (Å²) in [7, 11) is -3.45. The van der Waals surface area contributed by atoms with Crippen LogP contribution < -0.4 is 10.5 Å².